The quantitative estimate of drug-likeness (QED) is 0.834. The van der Waals surface area contributed by atoms with Gasteiger partial charge in [0.15, 0.2) is 6.61 Å². The van der Waals surface area contributed by atoms with Gasteiger partial charge in [-0.25, -0.2) is 0 Å². The lowest BCUT2D eigenvalue weighted by Crippen LogP contribution is -2.52. The number of rotatable bonds is 5. The summed E-state index contributed by atoms with van der Waals surface area (Å²) in [5.74, 6) is 0.819. The lowest BCUT2D eigenvalue weighted by atomic mass is 9.88. The summed E-state index contributed by atoms with van der Waals surface area (Å²) in [7, 11) is 6.13. The first-order chi connectivity index (χ1) is 12.1. The van der Waals surface area contributed by atoms with Crippen LogP contribution >= 0.6 is 0 Å². The topological polar surface area (TPSA) is 32.8 Å². The van der Waals surface area contributed by atoms with E-state index in [4.69, 9.17) is 4.74 Å². The molecule has 2 unspecified atom stereocenters. The van der Waals surface area contributed by atoms with Crippen LogP contribution < -0.4 is 4.74 Å². The van der Waals surface area contributed by atoms with Crippen LogP contribution in [0.3, 0.4) is 0 Å². The van der Waals surface area contributed by atoms with Gasteiger partial charge in [0, 0.05) is 24.5 Å². The Morgan fingerprint density at radius 2 is 1.68 bits per heavy atom. The Balaban J connectivity index is 1.67. The SMILES string of the molecule is CN(C)C1CCCCC1N(C)C(=O)COc1cccc2ccccc12. The molecule has 1 aliphatic carbocycles. The zero-order valence-corrected chi connectivity index (χ0v) is 15.4. The number of likely N-dealkylation sites (N-methyl/N-ethyl adjacent to an activating group) is 2. The first-order valence-electron chi connectivity index (χ1n) is 9.10. The Morgan fingerprint density at radius 3 is 2.44 bits per heavy atom. The average molecular weight is 340 g/mol. The molecule has 4 heteroatoms. The molecule has 1 saturated carbocycles. The number of amides is 1. The van der Waals surface area contributed by atoms with Gasteiger partial charge in [0.1, 0.15) is 5.75 Å². The van der Waals surface area contributed by atoms with Crippen molar-refractivity contribution in [2.75, 3.05) is 27.7 Å². The van der Waals surface area contributed by atoms with E-state index in [9.17, 15) is 4.79 Å². The largest absolute Gasteiger partial charge is 0.483 e. The van der Waals surface area contributed by atoms with Crippen molar-refractivity contribution in [2.45, 2.75) is 37.8 Å². The third kappa shape index (κ3) is 3.96. The van der Waals surface area contributed by atoms with Crippen LogP contribution in [0.5, 0.6) is 5.75 Å². The number of benzene rings is 2. The molecule has 1 fully saturated rings. The van der Waals surface area contributed by atoms with Gasteiger partial charge in [0.25, 0.3) is 5.91 Å². The Kier molecular flexibility index (Phi) is 5.59. The van der Waals surface area contributed by atoms with E-state index in [0.717, 1.165) is 29.4 Å². The molecule has 134 valence electrons. The fourth-order valence-electron chi connectivity index (χ4n) is 3.89. The van der Waals surface area contributed by atoms with Crippen molar-refractivity contribution in [3.63, 3.8) is 0 Å². The van der Waals surface area contributed by atoms with E-state index in [2.05, 4.69) is 31.1 Å². The van der Waals surface area contributed by atoms with Crippen molar-refractivity contribution in [3.8, 4) is 5.75 Å². The Bertz CT molecular complexity index is 723. The minimum absolute atomic E-state index is 0.0479. The molecule has 4 nitrogen and oxygen atoms in total. The van der Waals surface area contributed by atoms with Gasteiger partial charge in [-0.15, -0.1) is 0 Å². The number of hydrogen-bond acceptors (Lipinski definition) is 3. The molecule has 0 N–H and O–H groups in total. The number of carbonyl (C=O) groups excluding carboxylic acids is 1. The second-order valence-corrected chi connectivity index (χ2v) is 7.15. The maximum Gasteiger partial charge on any atom is 0.260 e. The molecule has 2 aromatic rings. The van der Waals surface area contributed by atoms with Gasteiger partial charge in [-0.05, 0) is 38.4 Å². The molecular formula is C21H28N2O2. The fourth-order valence-corrected chi connectivity index (χ4v) is 3.89. The minimum atomic E-state index is 0.0479. The van der Waals surface area contributed by atoms with Crippen LogP contribution in [0.4, 0.5) is 0 Å². The Hall–Kier alpha value is -2.07. The summed E-state index contributed by atoms with van der Waals surface area (Å²) in [5.41, 5.74) is 0. The third-order valence-electron chi connectivity index (χ3n) is 5.35. The molecular weight excluding hydrogens is 312 g/mol. The van der Waals surface area contributed by atoms with Crippen LogP contribution in [0.15, 0.2) is 42.5 Å². The molecule has 0 saturated heterocycles. The van der Waals surface area contributed by atoms with E-state index in [1.165, 1.54) is 12.8 Å². The minimum Gasteiger partial charge on any atom is -0.483 e. The molecule has 3 rings (SSSR count). The highest BCUT2D eigenvalue weighted by molar-refractivity contribution is 5.88. The second-order valence-electron chi connectivity index (χ2n) is 7.15. The van der Waals surface area contributed by atoms with E-state index in [1.54, 1.807) is 0 Å². The van der Waals surface area contributed by atoms with Crippen molar-refractivity contribution >= 4 is 16.7 Å². The molecule has 1 aliphatic rings. The summed E-state index contributed by atoms with van der Waals surface area (Å²) in [6.07, 6.45) is 4.66. The molecule has 0 aliphatic heterocycles. The van der Waals surface area contributed by atoms with Crippen LogP contribution in [-0.2, 0) is 4.79 Å². The van der Waals surface area contributed by atoms with Gasteiger partial charge in [0.2, 0.25) is 0 Å². The molecule has 25 heavy (non-hydrogen) atoms. The Morgan fingerprint density at radius 1 is 1.00 bits per heavy atom. The molecule has 2 aromatic carbocycles. The van der Waals surface area contributed by atoms with Gasteiger partial charge < -0.3 is 14.5 Å². The van der Waals surface area contributed by atoms with Gasteiger partial charge >= 0.3 is 0 Å². The predicted octanol–water partition coefficient (Wildman–Crippen LogP) is 3.55. The third-order valence-corrected chi connectivity index (χ3v) is 5.35. The maximum atomic E-state index is 12.7. The summed E-state index contributed by atoms with van der Waals surface area (Å²) < 4.78 is 5.88. The van der Waals surface area contributed by atoms with Crippen molar-refractivity contribution in [1.82, 2.24) is 9.80 Å². The lowest BCUT2D eigenvalue weighted by molar-refractivity contribution is -0.136. The molecule has 1 amide bonds. The fraction of sp³-hybridized carbons (Fsp3) is 0.476. The van der Waals surface area contributed by atoms with Crippen LogP contribution in [0.1, 0.15) is 25.7 Å². The molecule has 0 spiro atoms. The maximum absolute atomic E-state index is 12.7. The highest BCUT2D eigenvalue weighted by atomic mass is 16.5. The molecule has 0 bridgehead atoms. The summed E-state index contributed by atoms with van der Waals surface area (Å²) >= 11 is 0. The van der Waals surface area contributed by atoms with Gasteiger partial charge in [-0.3, -0.25) is 4.79 Å². The summed E-state index contributed by atoms with van der Waals surface area (Å²) in [4.78, 5) is 16.8. The Labute approximate surface area is 150 Å². The van der Waals surface area contributed by atoms with Crippen molar-refractivity contribution in [1.29, 1.82) is 0 Å². The van der Waals surface area contributed by atoms with Crippen LogP contribution in [0, 0.1) is 0 Å². The molecule has 0 heterocycles. The van der Waals surface area contributed by atoms with Gasteiger partial charge in [-0.1, -0.05) is 49.2 Å². The summed E-state index contributed by atoms with van der Waals surface area (Å²) in [6, 6.07) is 14.7. The van der Waals surface area contributed by atoms with Gasteiger partial charge in [0.05, 0.1) is 0 Å². The van der Waals surface area contributed by atoms with E-state index in [1.807, 2.05) is 42.3 Å². The molecule has 0 aromatic heterocycles. The molecule has 2 atom stereocenters. The number of fused-ring (bicyclic) bond motifs is 1. The monoisotopic (exact) mass is 340 g/mol. The standard InChI is InChI=1S/C21H28N2O2/c1-22(2)18-12-6-7-13-19(18)23(3)21(24)15-25-20-14-8-10-16-9-4-5-11-17(16)20/h4-5,8-11,14,18-19H,6-7,12-13,15H2,1-3H3. The highest BCUT2D eigenvalue weighted by Crippen LogP contribution is 2.27. The lowest BCUT2D eigenvalue weighted by Gasteiger charge is -2.41. The number of carbonyl (C=O) groups is 1. The van der Waals surface area contributed by atoms with Gasteiger partial charge in [-0.2, -0.15) is 0 Å². The van der Waals surface area contributed by atoms with Crippen LogP contribution in [0.25, 0.3) is 10.8 Å². The van der Waals surface area contributed by atoms with E-state index >= 15 is 0 Å². The van der Waals surface area contributed by atoms with Crippen LogP contribution in [0.2, 0.25) is 0 Å². The zero-order valence-electron chi connectivity index (χ0n) is 15.4. The van der Waals surface area contributed by atoms with Crippen molar-refractivity contribution in [2.24, 2.45) is 0 Å². The second kappa shape index (κ2) is 7.87. The zero-order chi connectivity index (χ0) is 17.8. The first-order valence-corrected chi connectivity index (χ1v) is 9.10. The summed E-state index contributed by atoms with van der Waals surface area (Å²) in [5, 5.41) is 2.17. The first kappa shape index (κ1) is 17.7. The van der Waals surface area contributed by atoms with E-state index in [0.29, 0.717) is 6.04 Å². The number of hydrogen-bond donors (Lipinski definition) is 0. The predicted molar refractivity (Wildman–Crippen MR) is 102 cm³/mol. The smallest absolute Gasteiger partial charge is 0.260 e. The van der Waals surface area contributed by atoms with Crippen molar-refractivity contribution in [3.05, 3.63) is 42.5 Å². The van der Waals surface area contributed by atoms with Crippen molar-refractivity contribution < 1.29 is 9.53 Å². The van der Waals surface area contributed by atoms with E-state index in [-0.39, 0.29) is 18.6 Å². The number of nitrogens with zero attached hydrogens (tertiary/aromatic N) is 2. The molecule has 0 radical (unpaired) electrons. The summed E-state index contributed by atoms with van der Waals surface area (Å²) in [6.45, 7) is 0.0845. The highest BCUT2D eigenvalue weighted by Gasteiger charge is 2.32. The van der Waals surface area contributed by atoms with E-state index < -0.39 is 0 Å². The average Bonchev–Trinajstić information content (AvgIpc) is 2.65. The van der Waals surface area contributed by atoms with Crippen LogP contribution in [-0.4, -0.2) is 55.5 Å². The normalized spacial score (nSPS) is 20.6. The number of ether oxygens (including phenoxy) is 1.